The summed E-state index contributed by atoms with van der Waals surface area (Å²) in [6.07, 6.45) is 0. The molecule has 2 rings (SSSR count). The molecule has 4 nitrogen and oxygen atoms in total. The Balaban J connectivity index is 1.96. The lowest BCUT2D eigenvalue weighted by molar-refractivity contribution is -0.124. The maximum Gasteiger partial charge on any atom is 0.258 e. The fourth-order valence-electron chi connectivity index (χ4n) is 2.07. The maximum atomic E-state index is 12.9. The number of benzene rings is 2. The molecule has 0 unspecified atom stereocenters. The molecule has 0 aliphatic rings. The summed E-state index contributed by atoms with van der Waals surface area (Å²) < 4.78 is 18.3. The van der Waals surface area contributed by atoms with Crippen molar-refractivity contribution in [3.05, 3.63) is 65.5 Å². The van der Waals surface area contributed by atoms with Gasteiger partial charge in [0.1, 0.15) is 11.6 Å². The van der Waals surface area contributed by atoms with Gasteiger partial charge in [-0.2, -0.15) is 0 Å². The molecule has 0 aliphatic carbocycles. The highest BCUT2D eigenvalue weighted by Gasteiger charge is 2.14. The Morgan fingerprint density at radius 1 is 0.958 bits per heavy atom. The van der Waals surface area contributed by atoms with Crippen LogP contribution in [0.25, 0.3) is 0 Å². The van der Waals surface area contributed by atoms with Gasteiger partial charge >= 0.3 is 0 Å². The van der Waals surface area contributed by atoms with E-state index < -0.39 is 0 Å². The number of hydrogen-bond donors (Lipinski definition) is 1. The van der Waals surface area contributed by atoms with E-state index in [1.54, 1.807) is 24.3 Å². The second kappa shape index (κ2) is 7.25. The number of carbonyl (C=O) groups is 2. The fourth-order valence-corrected chi connectivity index (χ4v) is 2.07. The number of rotatable bonds is 5. The first-order valence-electron chi connectivity index (χ1n) is 7.59. The van der Waals surface area contributed by atoms with Crippen LogP contribution in [0.3, 0.4) is 0 Å². The quantitative estimate of drug-likeness (QED) is 0.856. The molecule has 1 amide bonds. The van der Waals surface area contributed by atoms with Crippen molar-refractivity contribution in [1.29, 1.82) is 0 Å². The van der Waals surface area contributed by atoms with Crippen LogP contribution in [0.15, 0.2) is 48.5 Å². The molecule has 24 heavy (non-hydrogen) atoms. The second-order valence-electron chi connectivity index (χ2n) is 6.45. The summed E-state index contributed by atoms with van der Waals surface area (Å²) in [4.78, 5) is 24.0. The topological polar surface area (TPSA) is 55.4 Å². The molecular formula is C19H20FNO3. The Morgan fingerprint density at radius 3 is 1.96 bits per heavy atom. The van der Waals surface area contributed by atoms with E-state index in [-0.39, 0.29) is 29.7 Å². The minimum absolute atomic E-state index is 0.0947. The molecule has 0 radical (unpaired) electrons. The van der Waals surface area contributed by atoms with Crippen molar-refractivity contribution in [2.24, 2.45) is 0 Å². The number of ketones is 1. The van der Waals surface area contributed by atoms with Crippen LogP contribution in [-0.4, -0.2) is 23.8 Å². The number of carbonyl (C=O) groups excluding carboxylic acids is 2. The predicted octanol–water partition coefficient (Wildman–Crippen LogP) is 3.35. The molecule has 0 bridgehead atoms. The lowest BCUT2D eigenvalue weighted by atomic mass is 10.0. The Bertz CT molecular complexity index is 716. The van der Waals surface area contributed by atoms with Gasteiger partial charge in [0.15, 0.2) is 12.4 Å². The third-order valence-corrected chi connectivity index (χ3v) is 3.11. The third kappa shape index (κ3) is 5.19. The first-order valence-corrected chi connectivity index (χ1v) is 7.59. The molecule has 126 valence electrons. The molecule has 0 aliphatic heterocycles. The molecule has 2 aromatic carbocycles. The van der Waals surface area contributed by atoms with Crippen molar-refractivity contribution < 1.29 is 18.7 Å². The zero-order chi connectivity index (χ0) is 17.7. The van der Waals surface area contributed by atoms with Crippen molar-refractivity contribution in [1.82, 2.24) is 5.32 Å². The number of hydrogen-bond acceptors (Lipinski definition) is 3. The van der Waals surface area contributed by atoms with Crippen LogP contribution in [0.1, 0.15) is 36.7 Å². The number of nitrogens with one attached hydrogen (secondary N) is 1. The summed E-state index contributed by atoms with van der Waals surface area (Å²) >= 11 is 0. The lowest BCUT2D eigenvalue weighted by Gasteiger charge is -2.20. The van der Waals surface area contributed by atoms with E-state index >= 15 is 0 Å². The van der Waals surface area contributed by atoms with Crippen LogP contribution in [-0.2, 0) is 4.79 Å². The van der Waals surface area contributed by atoms with Crippen molar-refractivity contribution in [3.8, 4) is 5.75 Å². The molecular weight excluding hydrogens is 309 g/mol. The van der Waals surface area contributed by atoms with E-state index in [1.165, 1.54) is 24.3 Å². The first-order chi connectivity index (χ1) is 11.2. The summed E-state index contributed by atoms with van der Waals surface area (Å²) in [5.41, 5.74) is 0.564. The normalized spacial score (nSPS) is 11.0. The van der Waals surface area contributed by atoms with Gasteiger partial charge in [-0.05, 0) is 69.3 Å². The smallest absolute Gasteiger partial charge is 0.258 e. The van der Waals surface area contributed by atoms with E-state index in [0.29, 0.717) is 16.9 Å². The van der Waals surface area contributed by atoms with Crippen LogP contribution in [0.4, 0.5) is 4.39 Å². The van der Waals surface area contributed by atoms with Gasteiger partial charge < -0.3 is 10.1 Å². The van der Waals surface area contributed by atoms with E-state index in [1.807, 2.05) is 20.8 Å². The van der Waals surface area contributed by atoms with E-state index in [9.17, 15) is 14.0 Å². The number of amides is 1. The highest BCUT2D eigenvalue weighted by atomic mass is 19.1. The van der Waals surface area contributed by atoms with Crippen LogP contribution < -0.4 is 10.1 Å². The molecule has 0 atom stereocenters. The Labute approximate surface area is 140 Å². The minimum atomic E-state index is -0.385. The Hall–Kier alpha value is -2.69. The molecule has 1 N–H and O–H groups in total. The molecule has 0 spiro atoms. The van der Waals surface area contributed by atoms with Crippen LogP contribution in [0, 0.1) is 5.82 Å². The standard InChI is InChI=1S/C19H20FNO3/c1-19(2,3)21-17(22)12-24-16-10-6-14(7-11-16)18(23)13-4-8-15(20)9-5-13/h4-11H,12H2,1-3H3,(H,21,22). The average molecular weight is 329 g/mol. The van der Waals surface area contributed by atoms with Gasteiger partial charge in [0.25, 0.3) is 5.91 Å². The summed E-state index contributed by atoms with van der Waals surface area (Å²) in [5.74, 6) is -0.306. The summed E-state index contributed by atoms with van der Waals surface area (Å²) in [7, 11) is 0. The van der Waals surface area contributed by atoms with E-state index in [2.05, 4.69) is 5.32 Å². The zero-order valence-electron chi connectivity index (χ0n) is 13.9. The van der Waals surface area contributed by atoms with E-state index in [4.69, 9.17) is 4.74 Å². The van der Waals surface area contributed by atoms with Gasteiger partial charge in [0, 0.05) is 16.7 Å². The third-order valence-electron chi connectivity index (χ3n) is 3.11. The highest BCUT2D eigenvalue weighted by molar-refractivity contribution is 6.09. The van der Waals surface area contributed by atoms with Gasteiger partial charge in [-0.3, -0.25) is 9.59 Å². The number of ether oxygens (including phenoxy) is 1. The molecule has 0 heterocycles. The molecule has 0 aromatic heterocycles. The van der Waals surface area contributed by atoms with Gasteiger partial charge in [-0.1, -0.05) is 0 Å². The van der Waals surface area contributed by atoms with Gasteiger partial charge in [0.2, 0.25) is 0 Å². The fraction of sp³-hybridized carbons (Fsp3) is 0.263. The highest BCUT2D eigenvalue weighted by Crippen LogP contribution is 2.16. The number of halogens is 1. The van der Waals surface area contributed by atoms with Gasteiger partial charge in [-0.15, -0.1) is 0 Å². The van der Waals surface area contributed by atoms with Crippen LogP contribution in [0.5, 0.6) is 5.75 Å². The largest absolute Gasteiger partial charge is 0.484 e. The van der Waals surface area contributed by atoms with Crippen LogP contribution >= 0.6 is 0 Å². The molecule has 0 saturated heterocycles. The SMILES string of the molecule is CC(C)(C)NC(=O)COc1ccc(C(=O)c2ccc(F)cc2)cc1. The van der Waals surface area contributed by atoms with Gasteiger partial charge in [0.05, 0.1) is 0 Å². The summed E-state index contributed by atoms with van der Waals surface area (Å²) in [6, 6.07) is 11.9. The van der Waals surface area contributed by atoms with Crippen molar-refractivity contribution in [2.75, 3.05) is 6.61 Å². The zero-order valence-corrected chi connectivity index (χ0v) is 13.9. The van der Waals surface area contributed by atoms with Crippen LogP contribution in [0.2, 0.25) is 0 Å². The molecule has 0 saturated carbocycles. The van der Waals surface area contributed by atoms with Crippen molar-refractivity contribution >= 4 is 11.7 Å². The minimum Gasteiger partial charge on any atom is -0.484 e. The van der Waals surface area contributed by atoms with Crippen molar-refractivity contribution in [3.63, 3.8) is 0 Å². The molecule has 0 fully saturated rings. The summed E-state index contributed by atoms with van der Waals surface area (Å²) in [6.45, 7) is 5.57. The monoisotopic (exact) mass is 329 g/mol. The second-order valence-corrected chi connectivity index (χ2v) is 6.45. The Kier molecular flexibility index (Phi) is 5.34. The van der Waals surface area contributed by atoms with E-state index in [0.717, 1.165) is 0 Å². The first kappa shape index (κ1) is 17.7. The molecule has 2 aromatic rings. The predicted molar refractivity (Wildman–Crippen MR) is 89.7 cm³/mol. The van der Waals surface area contributed by atoms with Gasteiger partial charge in [-0.25, -0.2) is 4.39 Å². The lowest BCUT2D eigenvalue weighted by Crippen LogP contribution is -2.43. The van der Waals surface area contributed by atoms with Crippen molar-refractivity contribution in [2.45, 2.75) is 26.3 Å². The summed E-state index contributed by atoms with van der Waals surface area (Å²) in [5, 5.41) is 2.80. The Morgan fingerprint density at radius 2 is 1.46 bits per heavy atom. The maximum absolute atomic E-state index is 12.9. The molecule has 5 heteroatoms. The average Bonchev–Trinajstić information content (AvgIpc) is 2.52.